The number of benzene rings is 1. The van der Waals surface area contributed by atoms with Gasteiger partial charge in [-0.1, -0.05) is 6.08 Å². The lowest BCUT2D eigenvalue weighted by Crippen LogP contribution is -2.39. The lowest BCUT2D eigenvalue weighted by Gasteiger charge is -2.17. The second-order valence-electron chi connectivity index (χ2n) is 5.48. The number of ketones is 1. The number of urea groups is 1. The first-order chi connectivity index (χ1) is 11.5. The minimum absolute atomic E-state index is 0.165. The summed E-state index contributed by atoms with van der Waals surface area (Å²) >= 11 is 1.33. The number of hydrogen-bond donors (Lipinski definition) is 2. The quantitative estimate of drug-likeness (QED) is 0.505. The zero-order valence-corrected chi connectivity index (χ0v) is 13.4. The predicted molar refractivity (Wildman–Crippen MR) is 88.4 cm³/mol. The van der Waals surface area contributed by atoms with Crippen LogP contribution < -0.4 is 5.73 Å². The van der Waals surface area contributed by atoms with E-state index < -0.39 is 12.1 Å². The van der Waals surface area contributed by atoms with E-state index in [0.29, 0.717) is 28.3 Å². The molecule has 1 unspecified atom stereocenters. The molecule has 124 valence electrons. The summed E-state index contributed by atoms with van der Waals surface area (Å²) in [6.45, 7) is 0. The van der Waals surface area contributed by atoms with Crippen LogP contribution in [0.4, 0.5) is 9.18 Å². The average molecular weight is 346 g/mol. The Bertz CT molecular complexity index is 813. The topological polar surface area (TPSA) is 83.6 Å². The van der Waals surface area contributed by atoms with Crippen molar-refractivity contribution < 1.29 is 19.2 Å². The zero-order valence-electron chi connectivity index (χ0n) is 12.6. The fraction of sp³-hybridized carbons (Fsp3) is 0.176. The van der Waals surface area contributed by atoms with Crippen molar-refractivity contribution in [1.82, 2.24) is 5.06 Å². The van der Waals surface area contributed by atoms with Gasteiger partial charge in [-0.25, -0.2) is 9.18 Å². The van der Waals surface area contributed by atoms with Gasteiger partial charge >= 0.3 is 6.03 Å². The van der Waals surface area contributed by atoms with Crippen molar-refractivity contribution in [2.75, 3.05) is 0 Å². The highest BCUT2D eigenvalue weighted by Gasteiger charge is 2.25. The molecule has 1 atom stereocenters. The first-order valence-corrected chi connectivity index (χ1v) is 8.16. The summed E-state index contributed by atoms with van der Waals surface area (Å²) in [6, 6.07) is 7.65. The molecule has 0 aliphatic heterocycles. The monoisotopic (exact) mass is 346 g/mol. The zero-order chi connectivity index (χ0) is 17.3. The van der Waals surface area contributed by atoms with Crippen LogP contribution in [0.25, 0.3) is 5.57 Å². The van der Waals surface area contributed by atoms with E-state index in [1.165, 1.54) is 35.6 Å². The standard InChI is InChI=1S/C17H15FN2O3S/c18-12-4-1-10(2-5-12)16(21)15-8-7-14(24-15)11-3-6-13(9-11)20(23)17(19)22/h1-2,4-5,7-9,13,23H,3,6H2,(H2,19,22). The van der Waals surface area contributed by atoms with Crippen LogP contribution in [0, 0.1) is 5.82 Å². The van der Waals surface area contributed by atoms with Gasteiger partial charge in [0.15, 0.2) is 0 Å². The summed E-state index contributed by atoms with van der Waals surface area (Å²) in [6.07, 6.45) is 3.04. The molecule has 0 spiro atoms. The van der Waals surface area contributed by atoms with Gasteiger partial charge in [0, 0.05) is 10.4 Å². The fourth-order valence-corrected chi connectivity index (χ4v) is 3.66. The maximum atomic E-state index is 12.9. The molecule has 1 aliphatic rings. The van der Waals surface area contributed by atoms with Crippen molar-refractivity contribution in [2.45, 2.75) is 18.9 Å². The molecule has 0 radical (unpaired) electrons. The minimum Gasteiger partial charge on any atom is -0.350 e. The Morgan fingerprint density at radius 1 is 1.21 bits per heavy atom. The Balaban J connectivity index is 1.79. The lowest BCUT2D eigenvalue weighted by atomic mass is 10.1. The number of hydrogen-bond acceptors (Lipinski definition) is 4. The molecule has 7 heteroatoms. The van der Waals surface area contributed by atoms with E-state index in [4.69, 9.17) is 5.73 Å². The molecule has 1 heterocycles. The maximum absolute atomic E-state index is 12.9. The fourth-order valence-electron chi connectivity index (χ4n) is 2.64. The number of rotatable bonds is 4. The second-order valence-corrected chi connectivity index (χ2v) is 6.56. The molecule has 2 amide bonds. The van der Waals surface area contributed by atoms with Crippen LogP contribution in [0.15, 0.2) is 42.5 Å². The molecule has 3 N–H and O–H groups in total. The maximum Gasteiger partial charge on any atom is 0.339 e. The summed E-state index contributed by atoms with van der Waals surface area (Å²) in [5.41, 5.74) is 6.45. The highest BCUT2D eigenvalue weighted by Crippen LogP contribution is 2.34. The first kappa shape index (κ1) is 16.4. The van der Waals surface area contributed by atoms with Crippen LogP contribution >= 0.6 is 11.3 Å². The number of nitrogens with two attached hydrogens (primary N) is 1. The largest absolute Gasteiger partial charge is 0.350 e. The number of amides is 2. The van der Waals surface area contributed by atoms with Crippen molar-refractivity contribution in [1.29, 1.82) is 0 Å². The highest BCUT2D eigenvalue weighted by atomic mass is 32.1. The number of primary amides is 1. The van der Waals surface area contributed by atoms with Crippen molar-refractivity contribution in [3.8, 4) is 0 Å². The molecule has 24 heavy (non-hydrogen) atoms. The van der Waals surface area contributed by atoms with E-state index in [-0.39, 0.29) is 11.6 Å². The third-order valence-electron chi connectivity index (χ3n) is 3.90. The first-order valence-electron chi connectivity index (χ1n) is 7.34. The van der Waals surface area contributed by atoms with Gasteiger partial charge in [0.2, 0.25) is 5.78 Å². The van der Waals surface area contributed by atoms with E-state index in [2.05, 4.69) is 0 Å². The van der Waals surface area contributed by atoms with Gasteiger partial charge in [-0.15, -0.1) is 11.3 Å². The Kier molecular flexibility index (Phi) is 4.46. The normalized spacial score (nSPS) is 16.8. The van der Waals surface area contributed by atoms with Crippen molar-refractivity contribution in [3.05, 3.63) is 63.6 Å². The van der Waals surface area contributed by atoms with E-state index in [0.717, 1.165) is 10.5 Å². The van der Waals surface area contributed by atoms with Crippen LogP contribution in [-0.4, -0.2) is 28.1 Å². The minimum atomic E-state index is -0.893. The molecule has 1 aromatic carbocycles. The molecule has 0 bridgehead atoms. The van der Waals surface area contributed by atoms with Gasteiger partial charge in [0.05, 0.1) is 10.9 Å². The molecule has 0 saturated carbocycles. The van der Waals surface area contributed by atoms with Gasteiger partial charge < -0.3 is 5.73 Å². The van der Waals surface area contributed by atoms with Crippen molar-refractivity contribution in [3.63, 3.8) is 0 Å². The van der Waals surface area contributed by atoms with E-state index >= 15 is 0 Å². The lowest BCUT2D eigenvalue weighted by molar-refractivity contribution is -0.0608. The van der Waals surface area contributed by atoms with Crippen LogP contribution in [0.5, 0.6) is 0 Å². The Labute approximate surface area is 141 Å². The summed E-state index contributed by atoms with van der Waals surface area (Å²) < 4.78 is 12.9. The third kappa shape index (κ3) is 3.22. The van der Waals surface area contributed by atoms with Crippen molar-refractivity contribution in [2.24, 2.45) is 5.73 Å². The number of thiophene rings is 1. The van der Waals surface area contributed by atoms with E-state index in [1.54, 1.807) is 12.1 Å². The molecule has 5 nitrogen and oxygen atoms in total. The van der Waals surface area contributed by atoms with Crippen LogP contribution in [0.3, 0.4) is 0 Å². The van der Waals surface area contributed by atoms with Gasteiger partial charge in [-0.2, -0.15) is 5.06 Å². The Morgan fingerprint density at radius 3 is 2.58 bits per heavy atom. The van der Waals surface area contributed by atoms with Gasteiger partial charge in [-0.3, -0.25) is 10.0 Å². The van der Waals surface area contributed by atoms with Gasteiger partial charge in [-0.05, 0) is 54.8 Å². The molecular formula is C17H15FN2O3S. The molecule has 2 aromatic rings. The predicted octanol–water partition coefficient (Wildman–Crippen LogP) is 3.43. The number of halogens is 1. The van der Waals surface area contributed by atoms with Gasteiger partial charge in [0.1, 0.15) is 5.82 Å². The Morgan fingerprint density at radius 2 is 1.92 bits per heavy atom. The SMILES string of the molecule is NC(=O)N(O)C1C=C(c2ccc(C(=O)c3ccc(F)cc3)s2)CC1. The number of hydroxylamine groups is 2. The highest BCUT2D eigenvalue weighted by molar-refractivity contribution is 7.15. The average Bonchev–Trinajstić information content (AvgIpc) is 3.23. The molecular weight excluding hydrogens is 331 g/mol. The van der Waals surface area contributed by atoms with Crippen molar-refractivity contribution >= 4 is 28.7 Å². The molecule has 1 aromatic heterocycles. The summed E-state index contributed by atoms with van der Waals surface area (Å²) in [7, 11) is 0. The molecule has 0 fully saturated rings. The summed E-state index contributed by atoms with van der Waals surface area (Å²) in [5, 5.41) is 10.1. The second kappa shape index (κ2) is 6.54. The molecule has 1 aliphatic carbocycles. The number of nitrogens with zero attached hydrogens (tertiary/aromatic N) is 1. The van der Waals surface area contributed by atoms with Crippen LogP contribution in [-0.2, 0) is 0 Å². The van der Waals surface area contributed by atoms with E-state index in [1.807, 2.05) is 6.07 Å². The van der Waals surface area contributed by atoms with Crippen LogP contribution in [0.2, 0.25) is 0 Å². The van der Waals surface area contributed by atoms with E-state index in [9.17, 15) is 19.2 Å². The summed E-state index contributed by atoms with van der Waals surface area (Å²) in [4.78, 5) is 24.9. The molecule has 0 saturated heterocycles. The Hall–Kier alpha value is -2.51. The third-order valence-corrected chi connectivity index (χ3v) is 5.06. The number of carbonyl (C=O) groups is 2. The van der Waals surface area contributed by atoms with Gasteiger partial charge in [0.25, 0.3) is 0 Å². The molecule has 3 rings (SSSR count). The number of carbonyl (C=O) groups excluding carboxylic acids is 2. The van der Waals surface area contributed by atoms with Crippen LogP contribution in [0.1, 0.15) is 33.0 Å². The number of allylic oxidation sites excluding steroid dienone is 1. The smallest absolute Gasteiger partial charge is 0.339 e. The summed E-state index contributed by atoms with van der Waals surface area (Å²) in [5.74, 6) is -0.550.